The predicted molar refractivity (Wildman–Crippen MR) is 68.6 cm³/mol. The summed E-state index contributed by atoms with van der Waals surface area (Å²) in [6.07, 6.45) is 0.150. The molecule has 0 spiro atoms. The Morgan fingerprint density at radius 1 is 1.29 bits per heavy atom. The van der Waals surface area contributed by atoms with Crippen molar-refractivity contribution in [1.82, 2.24) is 10.2 Å². The van der Waals surface area contributed by atoms with Crippen LogP contribution >= 0.6 is 0 Å². The van der Waals surface area contributed by atoms with E-state index in [2.05, 4.69) is 10.2 Å². The Labute approximate surface area is 119 Å². The smallest absolute Gasteiger partial charge is 0.303 e. The van der Waals surface area contributed by atoms with Crippen LogP contribution in [0.4, 0.5) is 8.78 Å². The van der Waals surface area contributed by atoms with Crippen molar-refractivity contribution >= 4 is 5.97 Å². The first-order chi connectivity index (χ1) is 9.95. The van der Waals surface area contributed by atoms with Crippen molar-refractivity contribution in [2.45, 2.75) is 26.2 Å². The molecule has 0 fully saturated rings. The van der Waals surface area contributed by atoms with Gasteiger partial charge < -0.3 is 9.52 Å². The lowest BCUT2D eigenvalue weighted by atomic mass is 10.0. The maximum absolute atomic E-state index is 13.5. The van der Waals surface area contributed by atoms with E-state index in [4.69, 9.17) is 9.52 Å². The van der Waals surface area contributed by atoms with Crippen LogP contribution in [-0.2, 0) is 17.6 Å². The molecule has 0 bridgehead atoms. The van der Waals surface area contributed by atoms with E-state index in [1.165, 1.54) is 6.07 Å². The van der Waals surface area contributed by atoms with E-state index in [1.807, 2.05) is 0 Å². The van der Waals surface area contributed by atoms with Gasteiger partial charge in [-0.05, 0) is 18.1 Å². The first-order valence-corrected chi connectivity index (χ1v) is 6.41. The highest BCUT2D eigenvalue weighted by Gasteiger charge is 2.16. The van der Waals surface area contributed by atoms with Gasteiger partial charge in [-0.15, -0.1) is 10.2 Å². The third kappa shape index (κ3) is 4.08. The average Bonchev–Trinajstić information content (AvgIpc) is 2.80. The molecule has 1 aromatic carbocycles. The SMILES string of the molecule is CC(CC(=O)O)Cc1nnc(Cc2c(F)cccc2F)o1. The molecule has 0 aliphatic rings. The van der Waals surface area contributed by atoms with Gasteiger partial charge in [0.05, 0.1) is 6.42 Å². The minimum absolute atomic E-state index is 0.0142. The fraction of sp³-hybridized carbons (Fsp3) is 0.357. The van der Waals surface area contributed by atoms with E-state index in [9.17, 15) is 13.6 Å². The maximum Gasteiger partial charge on any atom is 0.303 e. The monoisotopic (exact) mass is 296 g/mol. The van der Waals surface area contributed by atoms with E-state index in [1.54, 1.807) is 6.92 Å². The minimum atomic E-state index is -0.907. The number of carbonyl (C=O) groups is 1. The van der Waals surface area contributed by atoms with E-state index in [-0.39, 0.29) is 36.1 Å². The number of halogens is 2. The molecule has 1 atom stereocenters. The highest BCUT2D eigenvalue weighted by atomic mass is 19.1. The molecule has 0 aliphatic carbocycles. The lowest BCUT2D eigenvalue weighted by Crippen LogP contribution is -2.07. The summed E-state index contributed by atoms with van der Waals surface area (Å²) in [5.74, 6) is -2.06. The molecule has 21 heavy (non-hydrogen) atoms. The van der Waals surface area contributed by atoms with Gasteiger partial charge in [0.15, 0.2) is 0 Å². The molecular weight excluding hydrogens is 282 g/mol. The summed E-state index contributed by atoms with van der Waals surface area (Å²) >= 11 is 0. The van der Waals surface area contributed by atoms with Crippen LogP contribution in [-0.4, -0.2) is 21.3 Å². The summed E-state index contributed by atoms with van der Waals surface area (Å²) in [5, 5.41) is 16.2. The van der Waals surface area contributed by atoms with E-state index in [0.717, 1.165) is 12.1 Å². The lowest BCUT2D eigenvalue weighted by Gasteiger charge is -2.04. The zero-order valence-corrected chi connectivity index (χ0v) is 11.3. The van der Waals surface area contributed by atoms with Crippen LogP contribution in [0.2, 0.25) is 0 Å². The molecule has 1 unspecified atom stereocenters. The van der Waals surface area contributed by atoms with Crippen LogP contribution in [0.25, 0.3) is 0 Å². The number of aromatic nitrogens is 2. The Kier molecular flexibility index (Phi) is 4.62. The molecule has 0 aliphatic heterocycles. The number of hydrogen-bond acceptors (Lipinski definition) is 4. The number of carboxylic acid groups (broad SMARTS) is 1. The maximum atomic E-state index is 13.5. The Morgan fingerprint density at radius 2 is 1.90 bits per heavy atom. The van der Waals surface area contributed by atoms with Crippen LogP contribution in [0.3, 0.4) is 0 Å². The van der Waals surface area contributed by atoms with Crippen molar-refractivity contribution < 1.29 is 23.1 Å². The van der Waals surface area contributed by atoms with Crippen LogP contribution in [0, 0.1) is 17.6 Å². The van der Waals surface area contributed by atoms with E-state index >= 15 is 0 Å². The predicted octanol–water partition coefficient (Wildman–Crippen LogP) is 2.59. The van der Waals surface area contributed by atoms with Gasteiger partial charge in [-0.1, -0.05) is 13.0 Å². The van der Waals surface area contributed by atoms with Gasteiger partial charge in [-0.3, -0.25) is 4.79 Å². The molecule has 0 saturated heterocycles. The van der Waals surface area contributed by atoms with Crippen LogP contribution in [0.15, 0.2) is 22.6 Å². The topological polar surface area (TPSA) is 76.2 Å². The lowest BCUT2D eigenvalue weighted by molar-refractivity contribution is -0.137. The second-order valence-electron chi connectivity index (χ2n) is 4.87. The van der Waals surface area contributed by atoms with E-state index in [0.29, 0.717) is 6.42 Å². The molecule has 1 heterocycles. The molecule has 2 rings (SSSR count). The summed E-state index contributed by atoms with van der Waals surface area (Å²) in [7, 11) is 0. The molecule has 1 N–H and O–H groups in total. The first-order valence-electron chi connectivity index (χ1n) is 6.41. The molecule has 0 radical (unpaired) electrons. The molecule has 5 nitrogen and oxygen atoms in total. The third-order valence-electron chi connectivity index (χ3n) is 2.94. The van der Waals surface area contributed by atoms with Crippen molar-refractivity contribution in [3.8, 4) is 0 Å². The number of carboxylic acids is 1. The third-order valence-corrected chi connectivity index (χ3v) is 2.94. The second kappa shape index (κ2) is 6.43. The Hall–Kier alpha value is -2.31. The Morgan fingerprint density at radius 3 is 2.52 bits per heavy atom. The van der Waals surface area contributed by atoms with Crippen LogP contribution in [0.5, 0.6) is 0 Å². The van der Waals surface area contributed by atoms with Gasteiger partial charge in [0.1, 0.15) is 11.6 Å². The summed E-state index contributed by atoms with van der Waals surface area (Å²) < 4.78 is 32.3. The van der Waals surface area contributed by atoms with Crippen LogP contribution in [0.1, 0.15) is 30.7 Å². The number of rotatable bonds is 6. The van der Waals surface area contributed by atoms with Gasteiger partial charge in [0.25, 0.3) is 0 Å². The fourth-order valence-electron chi connectivity index (χ4n) is 1.96. The van der Waals surface area contributed by atoms with Gasteiger partial charge in [-0.25, -0.2) is 8.78 Å². The quantitative estimate of drug-likeness (QED) is 0.886. The van der Waals surface area contributed by atoms with Gasteiger partial charge in [-0.2, -0.15) is 0 Å². The van der Waals surface area contributed by atoms with Gasteiger partial charge in [0.2, 0.25) is 11.8 Å². The van der Waals surface area contributed by atoms with Crippen molar-refractivity contribution in [2.24, 2.45) is 5.92 Å². The standard InChI is InChI=1S/C14H14F2N2O3/c1-8(6-14(19)20)5-12-17-18-13(21-12)7-9-10(15)3-2-4-11(9)16/h2-4,8H,5-7H2,1H3,(H,19,20). The van der Waals surface area contributed by atoms with Crippen LogP contribution < -0.4 is 0 Å². The first kappa shape index (κ1) is 15.1. The van der Waals surface area contributed by atoms with Crippen molar-refractivity contribution in [2.75, 3.05) is 0 Å². The largest absolute Gasteiger partial charge is 0.481 e. The highest BCUT2D eigenvalue weighted by Crippen LogP contribution is 2.17. The Balaban J connectivity index is 2.05. The van der Waals surface area contributed by atoms with Crippen molar-refractivity contribution in [3.63, 3.8) is 0 Å². The summed E-state index contributed by atoms with van der Waals surface area (Å²) in [4.78, 5) is 10.6. The number of nitrogens with zero attached hydrogens (tertiary/aromatic N) is 2. The van der Waals surface area contributed by atoms with Crippen molar-refractivity contribution in [1.29, 1.82) is 0 Å². The molecule has 7 heteroatoms. The number of benzene rings is 1. The minimum Gasteiger partial charge on any atom is -0.481 e. The zero-order chi connectivity index (χ0) is 15.4. The normalized spacial score (nSPS) is 12.3. The summed E-state index contributed by atoms with van der Waals surface area (Å²) in [6, 6.07) is 3.59. The van der Waals surface area contributed by atoms with Gasteiger partial charge in [0, 0.05) is 18.4 Å². The molecule has 0 saturated carbocycles. The average molecular weight is 296 g/mol. The molecule has 0 amide bonds. The second-order valence-corrected chi connectivity index (χ2v) is 4.87. The highest BCUT2D eigenvalue weighted by molar-refractivity contribution is 5.66. The number of hydrogen-bond donors (Lipinski definition) is 1. The van der Waals surface area contributed by atoms with Gasteiger partial charge >= 0.3 is 5.97 Å². The summed E-state index contributed by atoms with van der Waals surface area (Å²) in [6.45, 7) is 1.74. The van der Waals surface area contributed by atoms with Crippen molar-refractivity contribution in [3.05, 3.63) is 47.2 Å². The molecule has 112 valence electrons. The van der Waals surface area contributed by atoms with E-state index < -0.39 is 17.6 Å². The molecule has 2 aromatic rings. The zero-order valence-electron chi connectivity index (χ0n) is 11.3. The number of aliphatic carboxylic acids is 1. The Bertz CT molecular complexity index is 623. The molecule has 1 aromatic heterocycles. The fourth-order valence-corrected chi connectivity index (χ4v) is 1.96. The summed E-state index contributed by atoms with van der Waals surface area (Å²) in [5.41, 5.74) is -0.133. The molecular formula is C14H14F2N2O3.